The second-order valence-corrected chi connectivity index (χ2v) is 10.5. The van der Waals surface area contributed by atoms with E-state index < -0.39 is 47.2 Å². The molecule has 1 aliphatic rings. The summed E-state index contributed by atoms with van der Waals surface area (Å²) in [7, 11) is 2.85. The Morgan fingerprint density at radius 3 is 1.93 bits per heavy atom. The number of carbonyl (C=O) groups excluding carboxylic acids is 1. The number of hydrogen-bond donors (Lipinski definition) is 1. The van der Waals surface area contributed by atoms with E-state index in [2.05, 4.69) is 5.32 Å². The zero-order valence-corrected chi connectivity index (χ0v) is 22.7. The van der Waals surface area contributed by atoms with Gasteiger partial charge in [-0.1, -0.05) is 13.8 Å². The predicted molar refractivity (Wildman–Crippen MR) is 134 cm³/mol. The Hall–Kier alpha value is -3.02. The predicted octanol–water partition coefficient (Wildman–Crippen LogP) is 6.83. The lowest BCUT2D eigenvalue weighted by Gasteiger charge is -2.41. The summed E-state index contributed by atoms with van der Waals surface area (Å²) in [5.41, 5.74) is -3.63. The molecule has 2 aromatic carbocycles. The number of hydrogen-bond acceptors (Lipinski definition) is 4. The van der Waals surface area contributed by atoms with Crippen molar-refractivity contribution in [3.05, 3.63) is 58.4 Å². The fourth-order valence-corrected chi connectivity index (χ4v) is 5.19. The third-order valence-electron chi connectivity index (χ3n) is 7.14. The van der Waals surface area contributed by atoms with Crippen molar-refractivity contribution < 1.29 is 45.0 Å². The number of nitrogens with one attached hydrogen (secondary N) is 1. The number of rotatable bonds is 9. The zero-order chi connectivity index (χ0) is 29.9. The molecule has 0 unspecified atom stereocenters. The van der Waals surface area contributed by atoms with Crippen LogP contribution in [0.3, 0.4) is 0 Å². The molecular weight excluding hydrogens is 545 g/mol. The van der Waals surface area contributed by atoms with E-state index in [9.17, 15) is 35.5 Å². The van der Waals surface area contributed by atoms with Crippen molar-refractivity contribution in [2.45, 2.75) is 58.6 Å². The fourth-order valence-electron chi connectivity index (χ4n) is 5.19. The first kappa shape index (κ1) is 31.5. The molecule has 3 rings (SSSR count). The van der Waals surface area contributed by atoms with Gasteiger partial charge in [-0.25, -0.2) is 4.39 Å². The molecular formula is C28H33F7N2O3. The second kappa shape index (κ2) is 12.2. The molecule has 0 radical (unpaired) electrons. The lowest BCUT2D eigenvalue weighted by molar-refractivity contribution is -0.143. The van der Waals surface area contributed by atoms with Gasteiger partial charge in [0.2, 0.25) is 5.91 Å². The van der Waals surface area contributed by atoms with Crippen molar-refractivity contribution in [2.24, 2.45) is 11.3 Å². The SMILES string of the molecule is COc1cc(F)c(CN2CCC(CC(C)C)(C(=O)NCc3cc(C(F)(F)F)cc(C(F)(F)F)c3)CC2)cc1OC. The van der Waals surface area contributed by atoms with Crippen LogP contribution in [-0.2, 0) is 30.2 Å². The fraction of sp³-hybridized carbons (Fsp3) is 0.536. The van der Waals surface area contributed by atoms with E-state index in [1.54, 1.807) is 6.07 Å². The van der Waals surface area contributed by atoms with Gasteiger partial charge in [0.25, 0.3) is 0 Å². The average molecular weight is 579 g/mol. The van der Waals surface area contributed by atoms with Crippen molar-refractivity contribution >= 4 is 5.91 Å². The van der Waals surface area contributed by atoms with E-state index in [0.29, 0.717) is 55.8 Å². The van der Waals surface area contributed by atoms with E-state index >= 15 is 0 Å². The van der Waals surface area contributed by atoms with Gasteiger partial charge in [-0.15, -0.1) is 0 Å². The molecule has 222 valence electrons. The Morgan fingerprint density at radius 1 is 0.925 bits per heavy atom. The van der Waals surface area contributed by atoms with Gasteiger partial charge >= 0.3 is 12.4 Å². The molecule has 5 nitrogen and oxygen atoms in total. The van der Waals surface area contributed by atoms with Crippen molar-refractivity contribution in [1.82, 2.24) is 10.2 Å². The van der Waals surface area contributed by atoms with E-state index in [-0.39, 0.29) is 29.8 Å². The van der Waals surface area contributed by atoms with Crippen LogP contribution in [0.1, 0.15) is 55.4 Å². The number of halogens is 7. The maximum atomic E-state index is 14.7. The van der Waals surface area contributed by atoms with Crippen LogP contribution in [0.4, 0.5) is 30.7 Å². The highest BCUT2D eigenvalue weighted by Crippen LogP contribution is 2.40. The molecule has 1 saturated heterocycles. The summed E-state index contributed by atoms with van der Waals surface area (Å²) in [4.78, 5) is 15.4. The minimum absolute atomic E-state index is 0.0581. The highest BCUT2D eigenvalue weighted by molar-refractivity contribution is 5.82. The molecule has 0 atom stereocenters. The Labute approximate surface area is 228 Å². The standard InChI is InChI=1S/C28H33F7N2O3/c1-17(2)14-26(5-7-37(8-6-26)16-19-11-23(39-3)24(40-4)13-22(19)29)25(38)36-15-18-9-20(27(30,31)32)12-21(10-18)28(33,34)35/h9-13,17H,5-8,14-16H2,1-4H3,(H,36,38). The maximum Gasteiger partial charge on any atom is 0.416 e. The number of nitrogens with zero attached hydrogens (tertiary/aromatic N) is 1. The molecule has 40 heavy (non-hydrogen) atoms. The monoisotopic (exact) mass is 578 g/mol. The summed E-state index contributed by atoms with van der Waals surface area (Å²) < 4.78 is 104. The van der Waals surface area contributed by atoms with Gasteiger partial charge in [0.05, 0.1) is 30.8 Å². The molecule has 1 heterocycles. The molecule has 1 fully saturated rings. The smallest absolute Gasteiger partial charge is 0.416 e. The second-order valence-electron chi connectivity index (χ2n) is 10.5. The number of alkyl halides is 6. The quantitative estimate of drug-likeness (QED) is 0.332. The van der Waals surface area contributed by atoms with Crippen LogP contribution in [0.5, 0.6) is 11.5 Å². The number of methoxy groups -OCH3 is 2. The van der Waals surface area contributed by atoms with Crippen LogP contribution in [0.2, 0.25) is 0 Å². The Morgan fingerprint density at radius 2 is 1.45 bits per heavy atom. The summed E-state index contributed by atoms with van der Waals surface area (Å²) in [5.74, 6) is -0.144. The lowest BCUT2D eigenvalue weighted by Crippen LogP contribution is -2.49. The first-order valence-electron chi connectivity index (χ1n) is 12.8. The number of amides is 1. The first-order chi connectivity index (χ1) is 18.6. The largest absolute Gasteiger partial charge is 0.493 e. The van der Waals surface area contributed by atoms with Crippen LogP contribution in [0.15, 0.2) is 30.3 Å². The lowest BCUT2D eigenvalue weighted by atomic mass is 9.71. The maximum absolute atomic E-state index is 14.7. The summed E-state index contributed by atoms with van der Waals surface area (Å²) in [6.07, 6.45) is -8.68. The molecule has 1 N–H and O–H groups in total. The van der Waals surface area contributed by atoms with Gasteiger partial charge in [0.1, 0.15) is 5.82 Å². The molecule has 2 aromatic rings. The third kappa shape index (κ3) is 7.58. The van der Waals surface area contributed by atoms with Gasteiger partial charge in [-0.2, -0.15) is 26.3 Å². The highest BCUT2D eigenvalue weighted by Gasteiger charge is 2.42. The molecule has 0 aromatic heterocycles. The highest BCUT2D eigenvalue weighted by atomic mass is 19.4. The van der Waals surface area contributed by atoms with Gasteiger partial charge in [0.15, 0.2) is 11.5 Å². The van der Waals surface area contributed by atoms with Crippen LogP contribution in [0.25, 0.3) is 0 Å². The topological polar surface area (TPSA) is 50.8 Å². The number of piperidine rings is 1. The normalized spacial score (nSPS) is 16.2. The number of carbonyl (C=O) groups is 1. The van der Waals surface area contributed by atoms with Crippen molar-refractivity contribution in [3.63, 3.8) is 0 Å². The van der Waals surface area contributed by atoms with Crippen molar-refractivity contribution in [3.8, 4) is 11.5 Å². The summed E-state index contributed by atoms with van der Waals surface area (Å²) in [6, 6.07) is 4.09. The van der Waals surface area contributed by atoms with Crippen molar-refractivity contribution in [1.29, 1.82) is 0 Å². The Kier molecular flexibility index (Phi) is 9.64. The number of likely N-dealkylation sites (tertiary alicyclic amines) is 1. The zero-order valence-electron chi connectivity index (χ0n) is 22.7. The molecule has 0 aliphatic carbocycles. The minimum Gasteiger partial charge on any atom is -0.493 e. The van der Waals surface area contributed by atoms with Crippen LogP contribution in [-0.4, -0.2) is 38.1 Å². The van der Waals surface area contributed by atoms with Gasteiger partial charge in [0, 0.05) is 24.7 Å². The van der Waals surface area contributed by atoms with Gasteiger partial charge in [-0.05, 0) is 68.1 Å². The number of ether oxygens (including phenoxy) is 2. The molecule has 1 amide bonds. The van der Waals surface area contributed by atoms with Crippen LogP contribution < -0.4 is 14.8 Å². The van der Waals surface area contributed by atoms with Gasteiger partial charge < -0.3 is 14.8 Å². The van der Waals surface area contributed by atoms with Crippen molar-refractivity contribution in [2.75, 3.05) is 27.3 Å². The molecule has 12 heteroatoms. The van der Waals surface area contributed by atoms with Crippen LogP contribution >= 0.6 is 0 Å². The van der Waals surface area contributed by atoms with E-state index in [0.717, 1.165) is 0 Å². The summed E-state index contributed by atoms with van der Waals surface area (Å²) >= 11 is 0. The molecule has 0 bridgehead atoms. The number of benzene rings is 2. The van der Waals surface area contributed by atoms with E-state index in [1.165, 1.54) is 20.3 Å². The average Bonchev–Trinajstić information content (AvgIpc) is 2.87. The Bertz CT molecular complexity index is 1160. The van der Waals surface area contributed by atoms with E-state index in [1.807, 2.05) is 18.7 Å². The van der Waals surface area contributed by atoms with Crippen LogP contribution in [0, 0.1) is 17.2 Å². The third-order valence-corrected chi connectivity index (χ3v) is 7.14. The minimum atomic E-state index is -4.97. The molecule has 0 saturated carbocycles. The first-order valence-corrected chi connectivity index (χ1v) is 12.8. The summed E-state index contributed by atoms with van der Waals surface area (Å²) in [6.45, 7) is 4.53. The molecule has 0 spiro atoms. The van der Waals surface area contributed by atoms with E-state index in [4.69, 9.17) is 9.47 Å². The molecule has 1 aliphatic heterocycles. The van der Waals surface area contributed by atoms with Gasteiger partial charge in [-0.3, -0.25) is 9.69 Å². The Balaban J connectivity index is 1.74. The summed E-state index contributed by atoms with van der Waals surface area (Å²) in [5, 5.41) is 2.59.